The van der Waals surface area contributed by atoms with E-state index in [-0.39, 0.29) is 5.54 Å². The van der Waals surface area contributed by atoms with Crippen molar-refractivity contribution in [2.45, 2.75) is 59.4 Å². The molecule has 0 radical (unpaired) electrons. The molecule has 26 heavy (non-hydrogen) atoms. The third-order valence-corrected chi connectivity index (χ3v) is 5.86. The molecule has 1 atom stereocenters. The normalized spacial score (nSPS) is 19.0. The second kappa shape index (κ2) is 7.08. The summed E-state index contributed by atoms with van der Waals surface area (Å²) in [6.45, 7) is 14.3. The number of halogens is 1. The van der Waals surface area contributed by atoms with E-state index in [1.807, 2.05) is 6.21 Å². The van der Waals surface area contributed by atoms with E-state index in [1.165, 1.54) is 22.4 Å². The van der Waals surface area contributed by atoms with Crippen LogP contribution in [0.2, 0.25) is 5.02 Å². The van der Waals surface area contributed by atoms with Crippen molar-refractivity contribution in [3.63, 3.8) is 0 Å². The number of anilines is 1. The lowest BCUT2D eigenvalue weighted by molar-refractivity contribution is 0.381. The fourth-order valence-corrected chi connectivity index (χ4v) is 4.42. The summed E-state index contributed by atoms with van der Waals surface area (Å²) in [5, 5.41) is 0.765. The van der Waals surface area contributed by atoms with Crippen molar-refractivity contribution >= 4 is 29.2 Å². The second-order valence-electron chi connectivity index (χ2n) is 8.14. The molecule has 0 saturated heterocycles. The van der Waals surface area contributed by atoms with E-state index in [9.17, 15) is 0 Å². The molecule has 0 spiro atoms. The largest absolute Gasteiger partial charge is 0.366 e. The van der Waals surface area contributed by atoms with E-state index in [2.05, 4.69) is 76.8 Å². The van der Waals surface area contributed by atoms with Gasteiger partial charge in [-0.3, -0.25) is 4.99 Å². The molecule has 2 aromatic rings. The fourth-order valence-electron chi connectivity index (χ4n) is 4.22. The monoisotopic (exact) mass is 368 g/mol. The third kappa shape index (κ3) is 3.53. The van der Waals surface area contributed by atoms with Gasteiger partial charge in [0.1, 0.15) is 0 Å². The molecule has 0 aliphatic carbocycles. The molecule has 3 heteroatoms. The van der Waals surface area contributed by atoms with Gasteiger partial charge in [-0.1, -0.05) is 30.7 Å². The summed E-state index contributed by atoms with van der Waals surface area (Å²) in [6.07, 6.45) is 3.05. The van der Waals surface area contributed by atoms with Crippen molar-refractivity contribution in [3.8, 4) is 0 Å². The maximum atomic E-state index is 6.64. The molecule has 2 aromatic carbocycles. The zero-order chi connectivity index (χ0) is 19.1. The second-order valence-corrected chi connectivity index (χ2v) is 8.55. The van der Waals surface area contributed by atoms with Crippen LogP contribution in [0.3, 0.4) is 0 Å². The number of hydrogen-bond donors (Lipinski definition) is 0. The van der Waals surface area contributed by atoms with Crippen molar-refractivity contribution < 1.29 is 0 Å². The minimum atomic E-state index is 0.152. The van der Waals surface area contributed by atoms with Gasteiger partial charge in [-0.15, -0.1) is 0 Å². The van der Waals surface area contributed by atoms with Crippen molar-refractivity contribution in [3.05, 3.63) is 57.6 Å². The Morgan fingerprint density at radius 3 is 2.65 bits per heavy atom. The minimum absolute atomic E-state index is 0.152. The number of nitrogens with zero attached hydrogens (tertiary/aromatic N) is 2. The molecule has 1 unspecified atom stereocenters. The fraction of sp³-hybridized carbons (Fsp3) is 0.435. The average Bonchev–Trinajstić information content (AvgIpc) is 2.55. The number of rotatable bonds is 3. The van der Waals surface area contributed by atoms with Gasteiger partial charge in [0.25, 0.3) is 0 Å². The summed E-state index contributed by atoms with van der Waals surface area (Å²) in [6, 6.07) is 10.7. The Hall–Kier alpha value is -1.80. The van der Waals surface area contributed by atoms with Crippen LogP contribution in [0.1, 0.15) is 62.3 Å². The van der Waals surface area contributed by atoms with Crippen molar-refractivity contribution in [2.24, 2.45) is 4.99 Å². The van der Waals surface area contributed by atoms with Crippen molar-refractivity contribution in [1.82, 2.24) is 0 Å². The van der Waals surface area contributed by atoms with Crippen LogP contribution in [0.5, 0.6) is 0 Å². The zero-order valence-corrected chi connectivity index (χ0v) is 17.5. The Bertz CT molecular complexity index is 852. The SMILES string of the molecule is CCN1c2cc(Cl)c(C=Nc3cc(C)ccc3C)cc2C(C)CC1(C)C. The highest BCUT2D eigenvalue weighted by atomic mass is 35.5. The smallest absolute Gasteiger partial charge is 0.0661 e. The Labute approximate surface area is 162 Å². The highest BCUT2D eigenvalue weighted by Crippen LogP contribution is 2.44. The molecule has 0 bridgehead atoms. The van der Waals surface area contributed by atoms with Gasteiger partial charge in [-0.25, -0.2) is 0 Å². The van der Waals surface area contributed by atoms with Crippen LogP contribution >= 0.6 is 11.6 Å². The zero-order valence-electron chi connectivity index (χ0n) is 16.7. The Kier molecular flexibility index (Phi) is 5.16. The molecule has 3 rings (SSSR count). The Morgan fingerprint density at radius 2 is 1.96 bits per heavy atom. The van der Waals surface area contributed by atoms with E-state index < -0.39 is 0 Å². The first kappa shape index (κ1) is 19.0. The molecule has 2 nitrogen and oxygen atoms in total. The van der Waals surface area contributed by atoms with Gasteiger partial charge in [0.05, 0.1) is 10.7 Å². The maximum absolute atomic E-state index is 6.64. The van der Waals surface area contributed by atoms with Gasteiger partial charge in [0.2, 0.25) is 0 Å². The lowest BCUT2D eigenvalue weighted by atomic mass is 9.79. The van der Waals surface area contributed by atoms with Gasteiger partial charge in [0.15, 0.2) is 0 Å². The van der Waals surface area contributed by atoms with Gasteiger partial charge in [-0.05, 0) is 81.8 Å². The van der Waals surface area contributed by atoms with Crippen molar-refractivity contribution in [1.29, 1.82) is 0 Å². The lowest BCUT2D eigenvalue weighted by Crippen LogP contribution is -2.48. The number of hydrogen-bond acceptors (Lipinski definition) is 2. The molecule has 0 amide bonds. The standard InChI is InChI=1S/C23H29ClN2/c1-7-26-22-12-20(24)18(11-19(22)17(4)13-23(26,5)6)14-25-21-10-15(2)8-9-16(21)3/h8-12,14,17H,7,13H2,1-6H3. The first-order chi connectivity index (χ1) is 12.2. The summed E-state index contributed by atoms with van der Waals surface area (Å²) < 4.78 is 0. The lowest BCUT2D eigenvalue weighted by Gasteiger charge is -2.47. The summed E-state index contributed by atoms with van der Waals surface area (Å²) in [4.78, 5) is 7.19. The van der Waals surface area contributed by atoms with E-state index in [0.29, 0.717) is 5.92 Å². The predicted octanol–water partition coefficient (Wildman–Crippen LogP) is 6.82. The summed E-state index contributed by atoms with van der Waals surface area (Å²) in [5.74, 6) is 0.507. The van der Waals surface area contributed by atoms with E-state index in [1.54, 1.807) is 0 Å². The molecule has 138 valence electrons. The van der Waals surface area contributed by atoms with Crippen molar-refractivity contribution in [2.75, 3.05) is 11.4 Å². The van der Waals surface area contributed by atoms with Gasteiger partial charge >= 0.3 is 0 Å². The Morgan fingerprint density at radius 1 is 1.23 bits per heavy atom. The number of aryl methyl sites for hydroxylation is 2. The molecule has 0 N–H and O–H groups in total. The van der Waals surface area contributed by atoms with Gasteiger partial charge in [-0.2, -0.15) is 0 Å². The molecule has 0 fully saturated rings. The highest BCUT2D eigenvalue weighted by Gasteiger charge is 2.35. The van der Waals surface area contributed by atoms with Gasteiger partial charge < -0.3 is 4.90 Å². The van der Waals surface area contributed by atoms with Crippen LogP contribution in [0.4, 0.5) is 11.4 Å². The van der Waals surface area contributed by atoms with Crippen LogP contribution in [-0.4, -0.2) is 18.3 Å². The molecular formula is C23H29ClN2. The molecule has 0 aromatic heterocycles. The van der Waals surface area contributed by atoms with E-state index in [0.717, 1.165) is 29.2 Å². The van der Waals surface area contributed by atoms with Crippen LogP contribution in [0.15, 0.2) is 35.3 Å². The molecular weight excluding hydrogens is 340 g/mol. The number of aliphatic imine (C=N–C) groups is 1. The minimum Gasteiger partial charge on any atom is -0.366 e. The topological polar surface area (TPSA) is 15.6 Å². The maximum Gasteiger partial charge on any atom is 0.0661 e. The highest BCUT2D eigenvalue weighted by molar-refractivity contribution is 6.33. The molecule has 1 heterocycles. The first-order valence-electron chi connectivity index (χ1n) is 9.45. The third-order valence-electron chi connectivity index (χ3n) is 5.53. The van der Waals surface area contributed by atoms with E-state index >= 15 is 0 Å². The van der Waals surface area contributed by atoms with Crippen LogP contribution in [0.25, 0.3) is 0 Å². The van der Waals surface area contributed by atoms with E-state index in [4.69, 9.17) is 16.6 Å². The Balaban J connectivity index is 2.02. The van der Waals surface area contributed by atoms with Crippen LogP contribution in [-0.2, 0) is 0 Å². The predicted molar refractivity (Wildman–Crippen MR) is 115 cm³/mol. The van der Waals surface area contributed by atoms with Crippen LogP contribution in [0, 0.1) is 13.8 Å². The summed E-state index contributed by atoms with van der Waals surface area (Å²) in [7, 11) is 0. The summed E-state index contributed by atoms with van der Waals surface area (Å²) in [5.41, 5.74) is 7.18. The molecule has 1 aliphatic rings. The molecule has 1 aliphatic heterocycles. The number of benzene rings is 2. The average molecular weight is 369 g/mol. The quantitative estimate of drug-likeness (QED) is 0.542. The van der Waals surface area contributed by atoms with Crippen LogP contribution < -0.4 is 4.90 Å². The summed E-state index contributed by atoms with van der Waals surface area (Å²) >= 11 is 6.64. The number of fused-ring (bicyclic) bond motifs is 1. The first-order valence-corrected chi connectivity index (χ1v) is 9.83. The van der Waals surface area contributed by atoms with Gasteiger partial charge in [0, 0.05) is 29.5 Å². The molecule has 0 saturated carbocycles.